The normalized spacial score (nSPS) is 17.8. The number of hydrogen-bond donors (Lipinski definition) is 0. The average molecular weight is 412 g/mol. The summed E-state index contributed by atoms with van der Waals surface area (Å²) in [6.45, 7) is 4.68. The zero-order valence-electron chi connectivity index (χ0n) is 18.1. The van der Waals surface area contributed by atoms with Gasteiger partial charge in [0.2, 0.25) is 11.9 Å². The fourth-order valence-corrected chi connectivity index (χ4v) is 4.13. The van der Waals surface area contributed by atoms with Crippen LogP contribution in [-0.4, -0.2) is 60.5 Å². The van der Waals surface area contributed by atoms with Gasteiger partial charge in [0.1, 0.15) is 11.4 Å². The number of nitrogens with zero attached hydrogens (tertiary/aromatic N) is 5. The molecule has 158 valence electrons. The predicted octanol–water partition coefficient (Wildman–Crippen LogP) is 1.76. The van der Waals surface area contributed by atoms with Crippen LogP contribution in [0.3, 0.4) is 0 Å². The summed E-state index contributed by atoms with van der Waals surface area (Å²) in [5, 5.41) is 0. The van der Waals surface area contributed by atoms with Crippen LogP contribution in [0.4, 0.5) is 10.7 Å². The third-order valence-electron chi connectivity index (χ3n) is 6.02. The van der Waals surface area contributed by atoms with Crippen molar-refractivity contribution >= 4 is 23.7 Å². The van der Waals surface area contributed by atoms with Crippen LogP contribution in [0, 0.1) is 13.8 Å². The van der Waals surface area contributed by atoms with Gasteiger partial charge in [-0.1, -0.05) is 11.1 Å². The summed E-state index contributed by atoms with van der Waals surface area (Å²) < 4.78 is 14.7. The molecule has 0 aliphatic carbocycles. The Hall–Kier alpha value is -3.36. The molecule has 0 N–H and O–H groups in total. The quantitative estimate of drug-likeness (QED) is 0.701. The first-order chi connectivity index (χ1) is 14.3. The van der Waals surface area contributed by atoms with E-state index in [1.807, 2.05) is 36.6 Å². The molecule has 1 fully saturated rings. The van der Waals surface area contributed by atoms with E-state index in [1.165, 1.54) is 11.9 Å². The molecule has 1 unspecified atom stereocenters. The fourth-order valence-electron chi connectivity index (χ4n) is 4.13. The van der Waals surface area contributed by atoms with Gasteiger partial charge in [-0.2, -0.15) is 0 Å². The van der Waals surface area contributed by atoms with Crippen molar-refractivity contribution in [3.05, 3.63) is 35.2 Å². The van der Waals surface area contributed by atoms with Gasteiger partial charge in [0, 0.05) is 20.5 Å². The Balaban J connectivity index is 1.68. The lowest BCUT2D eigenvalue weighted by molar-refractivity contribution is -0.688. The van der Waals surface area contributed by atoms with Gasteiger partial charge in [-0.05, 0) is 31.5 Å². The molecule has 1 aromatic heterocycles. The lowest BCUT2D eigenvalue weighted by Crippen LogP contribution is -2.56. The number of urea groups is 1. The summed E-state index contributed by atoms with van der Waals surface area (Å²) in [4.78, 5) is 32.5. The van der Waals surface area contributed by atoms with Crippen molar-refractivity contribution in [3.63, 3.8) is 0 Å². The number of aryl methyl sites for hydroxylation is 1. The first-order valence-electron chi connectivity index (χ1n) is 9.76. The van der Waals surface area contributed by atoms with E-state index >= 15 is 0 Å². The highest BCUT2D eigenvalue weighted by molar-refractivity contribution is 6.20. The van der Waals surface area contributed by atoms with E-state index in [0.29, 0.717) is 29.8 Å². The molecule has 0 spiro atoms. The molecule has 1 saturated heterocycles. The number of fused-ring (bicyclic) bond motifs is 3. The van der Waals surface area contributed by atoms with Crippen molar-refractivity contribution in [2.24, 2.45) is 4.99 Å². The Kier molecular flexibility index (Phi) is 4.76. The number of carbonyl (C=O) groups is 2. The Morgan fingerprint density at radius 2 is 1.77 bits per heavy atom. The number of benzene rings is 1. The highest BCUT2D eigenvalue weighted by atomic mass is 16.5. The summed E-state index contributed by atoms with van der Waals surface area (Å²) in [7, 11) is 6.39. The number of amidine groups is 1. The maximum atomic E-state index is 12.9. The Morgan fingerprint density at radius 3 is 2.43 bits per heavy atom. The zero-order valence-corrected chi connectivity index (χ0v) is 18.1. The number of amides is 3. The number of aliphatic imine (C=N–C) groups is 1. The van der Waals surface area contributed by atoms with Crippen LogP contribution >= 0.6 is 0 Å². The number of rotatable bonds is 5. The number of hydrogen-bond acceptors (Lipinski definition) is 5. The van der Waals surface area contributed by atoms with E-state index in [4.69, 9.17) is 14.5 Å². The SMILES string of the molecule is COc1ccc(CC[n+]2c(C)c(C)n3c2N=C2C3C(=O)N(C)C(=O)N2C)cc1OC. The number of methoxy groups -OCH3 is 2. The van der Waals surface area contributed by atoms with Crippen LogP contribution in [0.5, 0.6) is 11.5 Å². The van der Waals surface area contributed by atoms with Gasteiger partial charge in [0.05, 0.1) is 20.8 Å². The number of ether oxygens (including phenoxy) is 2. The van der Waals surface area contributed by atoms with Crippen molar-refractivity contribution in [1.82, 2.24) is 14.4 Å². The topological polar surface area (TPSA) is 80.2 Å². The molecule has 9 nitrogen and oxygen atoms in total. The van der Waals surface area contributed by atoms with Crippen LogP contribution < -0.4 is 14.0 Å². The predicted molar refractivity (Wildman–Crippen MR) is 109 cm³/mol. The molecule has 0 radical (unpaired) electrons. The van der Waals surface area contributed by atoms with E-state index in [1.54, 1.807) is 21.3 Å². The second-order valence-corrected chi connectivity index (χ2v) is 7.54. The Bertz CT molecular complexity index is 1090. The van der Waals surface area contributed by atoms with Crippen LogP contribution in [0.25, 0.3) is 0 Å². The van der Waals surface area contributed by atoms with Crippen LogP contribution in [-0.2, 0) is 17.8 Å². The minimum Gasteiger partial charge on any atom is -0.493 e. The highest BCUT2D eigenvalue weighted by Gasteiger charge is 2.53. The van der Waals surface area contributed by atoms with E-state index in [-0.39, 0.29) is 11.9 Å². The maximum absolute atomic E-state index is 12.9. The van der Waals surface area contributed by atoms with Gasteiger partial charge in [-0.15, -0.1) is 0 Å². The van der Waals surface area contributed by atoms with E-state index in [2.05, 4.69) is 4.57 Å². The minimum atomic E-state index is -0.603. The summed E-state index contributed by atoms with van der Waals surface area (Å²) in [5.74, 6) is 2.28. The zero-order chi connectivity index (χ0) is 21.7. The lowest BCUT2D eigenvalue weighted by Gasteiger charge is -2.30. The smallest absolute Gasteiger partial charge is 0.402 e. The van der Waals surface area contributed by atoms with Gasteiger partial charge in [-0.25, -0.2) is 13.9 Å². The molecule has 2 aliphatic heterocycles. The molecule has 2 aliphatic rings. The van der Waals surface area contributed by atoms with E-state index < -0.39 is 6.04 Å². The van der Waals surface area contributed by atoms with Crippen molar-refractivity contribution in [2.75, 3.05) is 28.3 Å². The molecule has 1 atom stereocenters. The monoisotopic (exact) mass is 412 g/mol. The van der Waals surface area contributed by atoms with Crippen molar-refractivity contribution in [1.29, 1.82) is 0 Å². The van der Waals surface area contributed by atoms with Crippen LogP contribution in [0.1, 0.15) is 23.0 Å². The Labute approximate surface area is 175 Å². The second kappa shape index (κ2) is 7.16. The molecule has 3 amide bonds. The van der Waals surface area contributed by atoms with Gasteiger partial charge < -0.3 is 9.47 Å². The molecule has 0 bridgehead atoms. The number of likely N-dealkylation sites (N-methyl/N-ethyl adjacent to an activating group) is 2. The van der Waals surface area contributed by atoms with Crippen LogP contribution in [0.15, 0.2) is 23.2 Å². The van der Waals surface area contributed by atoms with E-state index in [0.717, 1.165) is 28.3 Å². The largest absolute Gasteiger partial charge is 0.493 e. The molecule has 30 heavy (non-hydrogen) atoms. The minimum absolute atomic E-state index is 0.263. The van der Waals surface area contributed by atoms with E-state index in [9.17, 15) is 9.59 Å². The van der Waals surface area contributed by atoms with Gasteiger partial charge in [-0.3, -0.25) is 14.6 Å². The standard InChI is InChI=1S/C21H26N5O4/c1-12-13(2)26-17-18(23(3)21(28)24(4)19(17)27)22-20(26)25(12)10-9-14-7-8-15(29-5)16(11-14)30-6/h7-8,11,17H,9-10H2,1-6H3/q+1. The van der Waals surface area contributed by atoms with Gasteiger partial charge in [0.25, 0.3) is 5.91 Å². The second-order valence-electron chi connectivity index (χ2n) is 7.54. The average Bonchev–Trinajstić information content (AvgIpc) is 3.25. The summed E-state index contributed by atoms with van der Waals surface area (Å²) in [6, 6.07) is 4.90. The van der Waals surface area contributed by atoms with Crippen LogP contribution in [0.2, 0.25) is 0 Å². The molecule has 2 aromatic rings. The number of carbonyl (C=O) groups excluding carboxylic acids is 2. The van der Waals surface area contributed by atoms with Gasteiger partial charge in [0.15, 0.2) is 11.5 Å². The first-order valence-corrected chi connectivity index (χ1v) is 9.76. The third-order valence-corrected chi connectivity index (χ3v) is 6.02. The number of imidazole rings is 1. The lowest BCUT2D eigenvalue weighted by atomic mass is 10.1. The highest BCUT2D eigenvalue weighted by Crippen LogP contribution is 2.35. The summed E-state index contributed by atoms with van der Waals surface area (Å²) >= 11 is 0. The Morgan fingerprint density at radius 1 is 1.07 bits per heavy atom. The third kappa shape index (κ3) is 2.76. The molecule has 1 aromatic carbocycles. The van der Waals surface area contributed by atoms with Gasteiger partial charge >= 0.3 is 12.0 Å². The number of aromatic nitrogens is 2. The maximum Gasteiger partial charge on any atom is 0.402 e. The molecular formula is C21H26N5O4+. The van der Waals surface area contributed by atoms with Crippen molar-refractivity contribution in [3.8, 4) is 11.5 Å². The van der Waals surface area contributed by atoms with Crippen molar-refractivity contribution in [2.45, 2.75) is 32.9 Å². The molecule has 9 heteroatoms. The number of imide groups is 1. The molecular weight excluding hydrogens is 386 g/mol. The first kappa shape index (κ1) is 19.9. The molecule has 4 rings (SSSR count). The molecule has 3 heterocycles. The van der Waals surface area contributed by atoms with Crippen molar-refractivity contribution < 1.29 is 23.6 Å². The fraction of sp³-hybridized carbons (Fsp3) is 0.429. The summed E-state index contributed by atoms with van der Waals surface area (Å²) in [6.07, 6.45) is 0.750. The molecule has 0 saturated carbocycles. The summed E-state index contributed by atoms with van der Waals surface area (Å²) in [5.41, 5.74) is 3.11.